The number of rotatable bonds is 13. The minimum atomic E-state index is -0.764. The van der Waals surface area contributed by atoms with Crippen molar-refractivity contribution in [2.75, 3.05) is 25.0 Å². The Morgan fingerprint density at radius 1 is 1.06 bits per heavy atom. The van der Waals surface area contributed by atoms with Crippen molar-refractivity contribution in [1.82, 2.24) is 10.3 Å². The maximum atomic E-state index is 11.9. The Balaban J connectivity index is 1.45. The molecule has 0 amide bonds. The van der Waals surface area contributed by atoms with E-state index in [0.717, 1.165) is 29.4 Å². The second-order valence-electron chi connectivity index (χ2n) is 7.48. The van der Waals surface area contributed by atoms with E-state index in [1.807, 2.05) is 24.3 Å². The first-order chi connectivity index (χ1) is 15.1. The predicted molar refractivity (Wildman–Crippen MR) is 125 cm³/mol. The number of nitrogens with one attached hydrogen (secondary N) is 2. The fraction of sp³-hybridized carbons (Fsp3) is 0.478. The number of esters is 1. The van der Waals surface area contributed by atoms with Gasteiger partial charge in [-0.25, -0.2) is 4.79 Å². The molecule has 0 saturated heterocycles. The van der Waals surface area contributed by atoms with Gasteiger partial charge in [-0.3, -0.25) is 4.98 Å². The van der Waals surface area contributed by atoms with E-state index in [2.05, 4.69) is 22.5 Å². The highest BCUT2D eigenvalue weighted by molar-refractivity contribution is 6.42. The van der Waals surface area contributed by atoms with Crippen LogP contribution in [0.2, 0.25) is 5.02 Å². The molecule has 1 aliphatic rings. The summed E-state index contributed by atoms with van der Waals surface area (Å²) in [7, 11) is 0. The van der Waals surface area contributed by atoms with Crippen LogP contribution in [-0.4, -0.2) is 36.9 Å². The van der Waals surface area contributed by atoms with Crippen molar-refractivity contribution in [3.05, 3.63) is 46.2 Å². The standard InChI is InChI=1S/C23H29Cl2N3O3/c1-2-3-4-5-6-7-14-30-23-21(20(25)22(29)31-23)28-13-12-27-18-10-11-26-19-15-16(24)8-9-17(18)19/h8-11,15,23,28H,2-7,12-14H2,1H3,(H,26,27). The van der Waals surface area contributed by atoms with Gasteiger partial charge in [0.15, 0.2) is 5.03 Å². The first kappa shape index (κ1) is 23.6. The molecule has 2 N–H and O–H groups in total. The average molecular weight is 466 g/mol. The van der Waals surface area contributed by atoms with E-state index in [-0.39, 0.29) is 5.03 Å². The molecule has 1 aromatic heterocycles. The van der Waals surface area contributed by atoms with Gasteiger partial charge >= 0.3 is 5.97 Å². The third-order valence-corrected chi connectivity index (χ3v) is 5.69. The van der Waals surface area contributed by atoms with E-state index in [0.29, 0.717) is 30.4 Å². The summed E-state index contributed by atoms with van der Waals surface area (Å²) in [6.45, 7) is 3.88. The number of carbonyl (C=O) groups excluding carboxylic acids is 1. The molecule has 6 nitrogen and oxygen atoms in total. The summed E-state index contributed by atoms with van der Waals surface area (Å²) in [4.78, 5) is 16.2. The van der Waals surface area contributed by atoms with Crippen LogP contribution in [0, 0.1) is 0 Å². The van der Waals surface area contributed by atoms with E-state index >= 15 is 0 Å². The maximum Gasteiger partial charge on any atom is 0.354 e. The molecule has 2 aromatic rings. The molecular weight excluding hydrogens is 437 g/mol. The average Bonchev–Trinajstić information content (AvgIpc) is 3.03. The number of fused-ring (bicyclic) bond motifs is 1. The number of hydrogen-bond donors (Lipinski definition) is 2. The van der Waals surface area contributed by atoms with Gasteiger partial charge in [0.25, 0.3) is 0 Å². The van der Waals surface area contributed by atoms with Crippen LogP contribution in [0.25, 0.3) is 10.9 Å². The minimum absolute atomic E-state index is 0.0527. The molecule has 3 rings (SSSR count). The van der Waals surface area contributed by atoms with Crippen LogP contribution in [0.3, 0.4) is 0 Å². The Kier molecular flexibility index (Phi) is 9.25. The fourth-order valence-electron chi connectivity index (χ4n) is 3.44. The number of cyclic esters (lactones) is 1. The SMILES string of the molecule is CCCCCCCCOC1OC(=O)C(Cl)=C1NCCNc1ccnc2cc(Cl)ccc12. The van der Waals surface area contributed by atoms with Gasteiger partial charge in [0.1, 0.15) is 5.70 Å². The van der Waals surface area contributed by atoms with Crippen LogP contribution >= 0.6 is 23.2 Å². The Morgan fingerprint density at radius 3 is 2.68 bits per heavy atom. The zero-order valence-corrected chi connectivity index (χ0v) is 19.3. The zero-order valence-electron chi connectivity index (χ0n) is 17.8. The highest BCUT2D eigenvalue weighted by Gasteiger charge is 2.33. The van der Waals surface area contributed by atoms with Gasteiger partial charge in [-0.15, -0.1) is 0 Å². The molecule has 168 valence electrons. The molecule has 0 radical (unpaired) electrons. The highest BCUT2D eigenvalue weighted by Crippen LogP contribution is 2.26. The number of carbonyl (C=O) groups is 1. The first-order valence-corrected chi connectivity index (χ1v) is 11.6. The number of benzene rings is 1. The fourth-order valence-corrected chi connectivity index (χ4v) is 3.81. The molecule has 0 spiro atoms. The molecule has 0 aliphatic carbocycles. The molecule has 1 aliphatic heterocycles. The van der Waals surface area contributed by atoms with E-state index in [4.69, 9.17) is 32.7 Å². The summed E-state index contributed by atoms with van der Waals surface area (Å²) < 4.78 is 11.0. The number of aromatic nitrogens is 1. The summed E-state index contributed by atoms with van der Waals surface area (Å²) in [5.41, 5.74) is 2.28. The van der Waals surface area contributed by atoms with Crippen molar-refractivity contribution in [3.63, 3.8) is 0 Å². The van der Waals surface area contributed by atoms with Gasteiger partial charge < -0.3 is 20.1 Å². The lowest BCUT2D eigenvalue weighted by atomic mass is 10.1. The normalized spacial score (nSPS) is 16.1. The maximum absolute atomic E-state index is 11.9. The molecule has 31 heavy (non-hydrogen) atoms. The van der Waals surface area contributed by atoms with Gasteiger partial charge in [-0.1, -0.05) is 62.2 Å². The number of hydrogen-bond acceptors (Lipinski definition) is 6. The summed E-state index contributed by atoms with van der Waals surface area (Å²) >= 11 is 12.2. The third kappa shape index (κ3) is 6.73. The smallest absolute Gasteiger partial charge is 0.354 e. The number of anilines is 1. The lowest BCUT2D eigenvalue weighted by molar-refractivity contribution is -0.160. The Hall–Kier alpha value is -2.02. The number of ether oxygens (including phenoxy) is 2. The Morgan fingerprint density at radius 2 is 1.84 bits per heavy atom. The minimum Gasteiger partial charge on any atom is -0.425 e. The van der Waals surface area contributed by atoms with Crippen LogP contribution in [0.15, 0.2) is 41.2 Å². The van der Waals surface area contributed by atoms with Crippen LogP contribution in [0.4, 0.5) is 5.69 Å². The molecule has 1 aromatic carbocycles. The Bertz CT molecular complexity index is 920. The largest absolute Gasteiger partial charge is 0.425 e. The lowest BCUT2D eigenvalue weighted by Crippen LogP contribution is -2.29. The number of pyridine rings is 1. The van der Waals surface area contributed by atoms with Gasteiger partial charge in [0.05, 0.1) is 12.1 Å². The highest BCUT2D eigenvalue weighted by atomic mass is 35.5. The van der Waals surface area contributed by atoms with Crippen molar-refractivity contribution in [2.24, 2.45) is 0 Å². The van der Waals surface area contributed by atoms with E-state index < -0.39 is 12.3 Å². The van der Waals surface area contributed by atoms with E-state index in [1.54, 1.807) is 6.20 Å². The van der Waals surface area contributed by atoms with Gasteiger partial charge in [-0.2, -0.15) is 0 Å². The van der Waals surface area contributed by atoms with Crippen molar-refractivity contribution >= 4 is 45.8 Å². The van der Waals surface area contributed by atoms with Crippen molar-refractivity contribution < 1.29 is 14.3 Å². The zero-order chi connectivity index (χ0) is 22.1. The molecule has 1 atom stereocenters. The Labute approximate surface area is 193 Å². The summed E-state index contributed by atoms with van der Waals surface area (Å²) in [6, 6.07) is 7.53. The van der Waals surface area contributed by atoms with E-state index in [9.17, 15) is 4.79 Å². The molecule has 1 unspecified atom stereocenters. The van der Waals surface area contributed by atoms with Gasteiger partial charge in [0, 0.05) is 35.4 Å². The number of nitrogens with zero attached hydrogens (tertiary/aromatic N) is 1. The predicted octanol–water partition coefficient (Wildman–Crippen LogP) is 5.60. The monoisotopic (exact) mass is 465 g/mol. The summed E-state index contributed by atoms with van der Waals surface area (Å²) in [6.07, 6.45) is 7.96. The molecule has 0 fully saturated rings. The van der Waals surface area contributed by atoms with Crippen LogP contribution in [0.5, 0.6) is 0 Å². The summed E-state index contributed by atoms with van der Waals surface area (Å²) in [5, 5.41) is 8.25. The number of halogens is 2. The van der Waals surface area contributed by atoms with Crippen molar-refractivity contribution in [1.29, 1.82) is 0 Å². The topological polar surface area (TPSA) is 72.5 Å². The number of unbranched alkanes of at least 4 members (excludes halogenated alkanes) is 5. The second kappa shape index (κ2) is 12.1. The molecule has 0 saturated carbocycles. The van der Waals surface area contributed by atoms with Gasteiger partial charge in [0.2, 0.25) is 6.29 Å². The van der Waals surface area contributed by atoms with Gasteiger partial charge in [-0.05, 0) is 30.7 Å². The first-order valence-electron chi connectivity index (χ1n) is 10.8. The quantitative estimate of drug-likeness (QED) is 0.296. The van der Waals surface area contributed by atoms with Crippen LogP contribution < -0.4 is 10.6 Å². The van der Waals surface area contributed by atoms with Crippen molar-refractivity contribution in [2.45, 2.75) is 51.7 Å². The molecule has 2 heterocycles. The van der Waals surface area contributed by atoms with Crippen LogP contribution in [0.1, 0.15) is 45.4 Å². The lowest BCUT2D eigenvalue weighted by Gasteiger charge is -2.17. The molecule has 8 heteroatoms. The molecular formula is C23H29Cl2N3O3. The third-order valence-electron chi connectivity index (χ3n) is 5.09. The second-order valence-corrected chi connectivity index (χ2v) is 8.29. The van der Waals surface area contributed by atoms with E-state index in [1.165, 1.54) is 25.7 Å². The van der Waals surface area contributed by atoms with Crippen LogP contribution in [-0.2, 0) is 14.3 Å². The molecule has 0 bridgehead atoms. The summed E-state index contributed by atoms with van der Waals surface area (Å²) in [5.74, 6) is -0.554. The van der Waals surface area contributed by atoms with Crippen molar-refractivity contribution in [3.8, 4) is 0 Å².